The smallest absolute Gasteiger partial charge is 0.229 e. The van der Waals surface area contributed by atoms with E-state index in [0.717, 1.165) is 23.6 Å². The molecule has 2 N–H and O–H groups in total. The zero-order valence-corrected chi connectivity index (χ0v) is 20.4. The molecular formula is C23H32FN3O4S. The Morgan fingerprint density at radius 1 is 1.16 bits per heavy atom. The van der Waals surface area contributed by atoms with Gasteiger partial charge in [0.25, 0.3) is 0 Å². The van der Waals surface area contributed by atoms with Crippen LogP contribution in [0.5, 0.6) is 5.88 Å². The number of halogens is 1. The van der Waals surface area contributed by atoms with Crippen LogP contribution >= 0.6 is 0 Å². The zero-order chi connectivity index (χ0) is 24.3. The van der Waals surface area contributed by atoms with E-state index in [1.165, 1.54) is 12.1 Å². The van der Waals surface area contributed by atoms with Gasteiger partial charge in [0.2, 0.25) is 21.8 Å². The molecule has 0 aliphatic heterocycles. The summed E-state index contributed by atoms with van der Waals surface area (Å²) in [5.74, 6) is -1.22. The van der Waals surface area contributed by atoms with Crippen molar-refractivity contribution in [2.24, 2.45) is 0 Å². The highest BCUT2D eigenvalue weighted by Crippen LogP contribution is 2.26. The number of pyridine rings is 1. The molecule has 0 fully saturated rings. The van der Waals surface area contributed by atoms with Gasteiger partial charge >= 0.3 is 0 Å². The molecule has 1 aromatic carbocycles. The molecule has 1 heterocycles. The van der Waals surface area contributed by atoms with Crippen LogP contribution in [-0.4, -0.2) is 31.7 Å². The van der Waals surface area contributed by atoms with Crippen molar-refractivity contribution in [3.8, 4) is 5.88 Å². The van der Waals surface area contributed by atoms with Gasteiger partial charge in [0.1, 0.15) is 5.82 Å². The molecule has 7 nitrogen and oxygen atoms in total. The topological polar surface area (TPSA) is 97.4 Å². The van der Waals surface area contributed by atoms with E-state index < -0.39 is 21.8 Å². The molecule has 32 heavy (non-hydrogen) atoms. The third kappa shape index (κ3) is 7.19. The van der Waals surface area contributed by atoms with Crippen molar-refractivity contribution in [3.05, 3.63) is 53.0 Å². The summed E-state index contributed by atoms with van der Waals surface area (Å²) < 4.78 is 44.9. The number of hydrogen-bond donors (Lipinski definition) is 2. The molecule has 176 valence electrons. The van der Waals surface area contributed by atoms with Crippen molar-refractivity contribution >= 4 is 21.6 Å². The minimum atomic E-state index is -3.60. The number of anilines is 1. The molecule has 2 aromatic rings. The van der Waals surface area contributed by atoms with E-state index in [2.05, 4.69) is 35.8 Å². The van der Waals surface area contributed by atoms with E-state index >= 15 is 0 Å². The lowest BCUT2D eigenvalue weighted by Crippen LogP contribution is -2.28. The number of nitrogens with one attached hydrogen (secondary N) is 2. The van der Waals surface area contributed by atoms with Crippen molar-refractivity contribution in [3.63, 3.8) is 0 Å². The Morgan fingerprint density at radius 3 is 2.34 bits per heavy atom. The highest BCUT2D eigenvalue weighted by Gasteiger charge is 2.21. The molecule has 0 aliphatic carbocycles. The summed E-state index contributed by atoms with van der Waals surface area (Å²) in [6, 6.07) is 7.79. The predicted octanol–water partition coefficient (Wildman–Crippen LogP) is 4.10. The van der Waals surface area contributed by atoms with E-state index in [4.69, 9.17) is 4.74 Å². The fourth-order valence-corrected chi connectivity index (χ4v) is 3.48. The van der Waals surface area contributed by atoms with Gasteiger partial charge in [-0.1, -0.05) is 32.9 Å². The van der Waals surface area contributed by atoms with Gasteiger partial charge in [0.05, 0.1) is 24.0 Å². The van der Waals surface area contributed by atoms with E-state index in [9.17, 15) is 17.6 Å². The zero-order valence-electron chi connectivity index (χ0n) is 19.6. The maximum atomic E-state index is 14.3. The number of rotatable bonds is 8. The van der Waals surface area contributed by atoms with E-state index in [1.54, 1.807) is 6.92 Å². The first-order chi connectivity index (χ1) is 14.7. The van der Waals surface area contributed by atoms with Crippen molar-refractivity contribution in [2.45, 2.75) is 65.5 Å². The van der Waals surface area contributed by atoms with Gasteiger partial charge in [0, 0.05) is 23.2 Å². The normalized spacial score (nSPS) is 13.0. The van der Waals surface area contributed by atoms with Crippen molar-refractivity contribution in [1.29, 1.82) is 0 Å². The SMILES string of the molecule is CC(C)Oc1nc(C(C)(C)C)ccc1CNC(=O)C(C)c1ccc(NS(C)(=O)=O)c(F)c1. The molecule has 9 heteroatoms. The second-order valence-electron chi connectivity index (χ2n) is 9.13. The van der Waals surface area contributed by atoms with E-state index in [0.29, 0.717) is 11.4 Å². The average Bonchev–Trinajstić information content (AvgIpc) is 2.65. The fourth-order valence-electron chi connectivity index (χ4n) is 2.92. The Bertz CT molecular complexity index is 1080. The Labute approximate surface area is 189 Å². The molecular weight excluding hydrogens is 433 g/mol. The average molecular weight is 466 g/mol. The van der Waals surface area contributed by atoms with Crippen molar-refractivity contribution < 1.29 is 22.3 Å². The number of nitrogens with zero attached hydrogens (tertiary/aromatic N) is 1. The van der Waals surface area contributed by atoms with Crippen LogP contribution in [0, 0.1) is 5.82 Å². The lowest BCUT2D eigenvalue weighted by molar-refractivity contribution is -0.122. The Kier molecular flexibility index (Phi) is 7.88. The fraction of sp³-hybridized carbons (Fsp3) is 0.478. The first-order valence-corrected chi connectivity index (χ1v) is 12.3. The van der Waals surface area contributed by atoms with Crippen LogP contribution in [0.25, 0.3) is 0 Å². The molecule has 1 amide bonds. The van der Waals surface area contributed by atoms with Crippen LogP contribution < -0.4 is 14.8 Å². The first kappa shape index (κ1) is 25.6. The Morgan fingerprint density at radius 2 is 1.81 bits per heavy atom. The number of amides is 1. The third-order valence-electron chi connectivity index (χ3n) is 4.69. The summed E-state index contributed by atoms with van der Waals surface area (Å²) in [5, 5.41) is 2.85. The van der Waals surface area contributed by atoms with Gasteiger partial charge in [-0.2, -0.15) is 0 Å². The summed E-state index contributed by atoms with van der Waals surface area (Å²) >= 11 is 0. The summed E-state index contributed by atoms with van der Waals surface area (Å²) in [6.45, 7) is 11.9. The maximum Gasteiger partial charge on any atom is 0.229 e. The number of hydrogen-bond acceptors (Lipinski definition) is 5. The molecule has 1 unspecified atom stereocenters. The van der Waals surface area contributed by atoms with E-state index in [-0.39, 0.29) is 29.7 Å². The summed E-state index contributed by atoms with van der Waals surface area (Å²) in [7, 11) is -3.60. The number of carbonyl (C=O) groups is 1. The van der Waals surface area contributed by atoms with Crippen LogP contribution in [0.4, 0.5) is 10.1 Å². The van der Waals surface area contributed by atoms with Gasteiger partial charge in [-0.25, -0.2) is 17.8 Å². The highest BCUT2D eigenvalue weighted by molar-refractivity contribution is 7.92. The second-order valence-corrected chi connectivity index (χ2v) is 10.9. The largest absolute Gasteiger partial charge is 0.475 e. The minimum absolute atomic E-state index is 0.0758. The van der Waals surface area contributed by atoms with Gasteiger partial charge in [-0.05, 0) is 44.5 Å². The second kappa shape index (κ2) is 9.85. The standard InChI is InChI=1S/C23H32FN3O4S/c1-14(2)31-22-17(9-11-20(26-22)23(4,5)6)13-25-21(28)15(3)16-8-10-19(18(24)12-16)27-32(7,29)30/h8-12,14-15,27H,13H2,1-7H3,(H,25,28). The monoisotopic (exact) mass is 465 g/mol. The molecule has 0 saturated heterocycles. The van der Waals surface area contributed by atoms with Crippen LogP contribution in [-0.2, 0) is 26.8 Å². The summed E-state index contributed by atoms with van der Waals surface area (Å²) in [5.41, 5.74) is 1.75. The molecule has 0 saturated carbocycles. The molecule has 0 radical (unpaired) electrons. The number of benzene rings is 1. The number of aromatic nitrogens is 1. The molecule has 1 aromatic heterocycles. The minimum Gasteiger partial charge on any atom is -0.475 e. The van der Waals surface area contributed by atoms with Gasteiger partial charge < -0.3 is 10.1 Å². The van der Waals surface area contributed by atoms with Crippen LogP contribution in [0.1, 0.15) is 64.3 Å². The number of ether oxygens (including phenoxy) is 1. The Hall–Kier alpha value is -2.68. The van der Waals surface area contributed by atoms with Crippen LogP contribution in [0.2, 0.25) is 0 Å². The van der Waals surface area contributed by atoms with Gasteiger partial charge in [-0.3, -0.25) is 9.52 Å². The van der Waals surface area contributed by atoms with Gasteiger partial charge in [-0.15, -0.1) is 0 Å². The summed E-state index contributed by atoms with van der Waals surface area (Å²) in [6.07, 6.45) is 0.865. The highest BCUT2D eigenvalue weighted by atomic mass is 32.2. The quantitative estimate of drug-likeness (QED) is 0.612. The van der Waals surface area contributed by atoms with Crippen LogP contribution in [0.15, 0.2) is 30.3 Å². The van der Waals surface area contributed by atoms with E-state index in [1.807, 2.05) is 26.0 Å². The van der Waals surface area contributed by atoms with Crippen molar-refractivity contribution in [1.82, 2.24) is 10.3 Å². The molecule has 0 bridgehead atoms. The van der Waals surface area contributed by atoms with Crippen LogP contribution in [0.3, 0.4) is 0 Å². The molecule has 2 rings (SSSR count). The predicted molar refractivity (Wildman–Crippen MR) is 124 cm³/mol. The summed E-state index contributed by atoms with van der Waals surface area (Å²) in [4.78, 5) is 17.3. The first-order valence-electron chi connectivity index (χ1n) is 10.4. The molecule has 0 aliphatic rings. The molecule has 1 atom stereocenters. The number of sulfonamides is 1. The lowest BCUT2D eigenvalue weighted by Gasteiger charge is -2.21. The third-order valence-corrected chi connectivity index (χ3v) is 5.28. The lowest BCUT2D eigenvalue weighted by atomic mass is 9.91. The van der Waals surface area contributed by atoms with Crippen molar-refractivity contribution in [2.75, 3.05) is 11.0 Å². The maximum absolute atomic E-state index is 14.3. The number of carbonyl (C=O) groups excluding carboxylic acids is 1. The molecule has 0 spiro atoms. The van der Waals surface area contributed by atoms with Gasteiger partial charge in [0.15, 0.2) is 0 Å². The Balaban J connectivity index is 2.15.